The van der Waals surface area contributed by atoms with Gasteiger partial charge >= 0.3 is 0 Å². The van der Waals surface area contributed by atoms with Crippen LogP contribution in [0.5, 0.6) is 0 Å². The van der Waals surface area contributed by atoms with Crippen LogP contribution in [0, 0.1) is 0 Å². The Labute approximate surface area is 83.9 Å². The van der Waals surface area contributed by atoms with Crippen LogP contribution in [0.25, 0.3) is 0 Å². The van der Waals surface area contributed by atoms with E-state index in [1.807, 2.05) is 11.8 Å². The van der Waals surface area contributed by atoms with Crippen LogP contribution < -0.4 is 0 Å². The Morgan fingerprint density at radius 2 is 2.38 bits per heavy atom. The molecule has 1 unspecified atom stereocenters. The van der Waals surface area contributed by atoms with E-state index in [0.717, 1.165) is 5.75 Å². The summed E-state index contributed by atoms with van der Waals surface area (Å²) in [5, 5.41) is 0.264. The molecule has 2 radical (unpaired) electrons. The van der Waals surface area contributed by atoms with Gasteiger partial charge in [0.05, 0.1) is 11.9 Å². The number of ether oxygens (including phenoxy) is 3. The highest BCUT2D eigenvalue weighted by Gasteiger charge is 2.59. The fourth-order valence-corrected chi connectivity index (χ4v) is 3.73. The Kier molecular flexibility index (Phi) is 2.62. The summed E-state index contributed by atoms with van der Waals surface area (Å²) in [6.45, 7) is 0.558. The molecule has 2 fully saturated rings. The van der Waals surface area contributed by atoms with Gasteiger partial charge in [0.2, 0.25) is 0 Å². The van der Waals surface area contributed by atoms with E-state index >= 15 is 0 Å². The molecule has 0 aromatic heterocycles. The summed E-state index contributed by atoms with van der Waals surface area (Å²) >= 11 is 1.82. The highest BCUT2D eigenvalue weighted by Crippen LogP contribution is 2.48. The molecule has 0 aromatic rings. The summed E-state index contributed by atoms with van der Waals surface area (Å²) in [6, 6.07) is -0.209. The minimum absolute atomic E-state index is 0.0763. The molecule has 2 bridgehead atoms. The molecular weight excluding hydrogens is 187 g/mol. The first-order valence-corrected chi connectivity index (χ1v) is 5.35. The molecule has 0 N–H and O–H groups in total. The van der Waals surface area contributed by atoms with Crippen LogP contribution in [-0.4, -0.2) is 57.4 Å². The van der Waals surface area contributed by atoms with Gasteiger partial charge in [-0.3, -0.25) is 0 Å². The lowest BCUT2D eigenvalue weighted by molar-refractivity contribution is -0.0981. The molecule has 2 rings (SSSR count). The van der Waals surface area contributed by atoms with Gasteiger partial charge in [-0.2, -0.15) is 11.8 Å². The third kappa shape index (κ3) is 1.33. The van der Waals surface area contributed by atoms with Crippen LogP contribution in [0.1, 0.15) is 0 Å². The molecule has 2 aliphatic rings. The zero-order valence-corrected chi connectivity index (χ0v) is 8.67. The van der Waals surface area contributed by atoms with Crippen molar-refractivity contribution in [2.45, 2.75) is 23.0 Å². The summed E-state index contributed by atoms with van der Waals surface area (Å²) < 4.78 is 16.3. The predicted molar refractivity (Wildman–Crippen MR) is 52.3 cm³/mol. The van der Waals surface area contributed by atoms with Gasteiger partial charge in [-0.15, -0.1) is 0 Å². The Balaban J connectivity index is 2.17. The predicted octanol–water partition coefficient (Wildman–Crippen LogP) is 0.0268. The third-order valence-electron chi connectivity index (χ3n) is 2.67. The van der Waals surface area contributed by atoms with Crippen LogP contribution in [0.15, 0.2) is 0 Å². The van der Waals surface area contributed by atoms with Gasteiger partial charge in [0.15, 0.2) is 0 Å². The molecule has 2 saturated heterocycles. The number of hydrogen-bond donors (Lipinski definition) is 0. The van der Waals surface area contributed by atoms with Crippen molar-refractivity contribution >= 4 is 19.6 Å². The second kappa shape index (κ2) is 3.46. The highest BCUT2D eigenvalue weighted by atomic mass is 32.2. The van der Waals surface area contributed by atoms with E-state index in [1.54, 1.807) is 14.2 Å². The fraction of sp³-hybridized carbons (Fsp3) is 1.00. The second-order valence-electron chi connectivity index (χ2n) is 3.51. The van der Waals surface area contributed by atoms with E-state index in [1.165, 1.54) is 0 Å². The van der Waals surface area contributed by atoms with Crippen LogP contribution in [0.4, 0.5) is 0 Å². The minimum atomic E-state index is -0.307. The zero-order chi connectivity index (χ0) is 9.47. The molecule has 2 aliphatic heterocycles. The molecule has 3 nitrogen and oxygen atoms in total. The topological polar surface area (TPSA) is 27.7 Å². The molecule has 0 spiro atoms. The van der Waals surface area contributed by atoms with Crippen molar-refractivity contribution in [2.75, 3.05) is 26.6 Å². The largest absolute Gasteiger partial charge is 0.382 e. The smallest absolute Gasteiger partial charge is 0.127 e. The van der Waals surface area contributed by atoms with Crippen molar-refractivity contribution < 1.29 is 14.2 Å². The molecule has 0 saturated carbocycles. The Bertz CT molecular complexity index is 204. The average Bonchev–Trinajstić information content (AvgIpc) is 2.55. The van der Waals surface area contributed by atoms with Gasteiger partial charge in [0.1, 0.15) is 19.6 Å². The number of thioether (sulfide) groups is 1. The molecule has 2 heterocycles. The van der Waals surface area contributed by atoms with Crippen molar-refractivity contribution in [3.8, 4) is 0 Å². The summed E-state index contributed by atoms with van der Waals surface area (Å²) in [6.07, 6.45) is 0.0763. The molecule has 0 aliphatic carbocycles. The van der Waals surface area contributed by atoms with Gasteiger partial charge in [0, 0.05) is 26.0 Å². The van der Waals surface area contributed by atoms with E-state index < -0.39 is 0 Å². The van der Waals surface area contributed by atoms with Gasteiger partial charge in [-0.1, -0.05) is 0 Å². The van der Waals surface area contributed by atoms with Crippen molar-refractivity contribution in [3.05, 3.63) is 0 Å². The molecule has 4 atom stereocenters. The monoisotopic (exact) mass is 200 g/mol. The van der Waals surface area contributed by atoms with E-state index in [0.29, 0.717) is 6.61 Å². The summed E-state index contributed by atoms with van der Waals surface area (Å²) in [4.78, 5) is 0. The SMILES string of the molecule is [B][C@@H]1O[C@@]2(COC)CS[C@H]1C2OC. The maximum atomic E-state index is 5.82. The Hall–Kier alpha value is 0.295. The third-order valence-corrected chi connectivity index (χ3v) is 4.23. The van der Waals surface area contributed by atoms with Gasteiger partial charge in [-0.25, -0.2) is 0 Å². The number of rotatable bonds is 3. The molecule has 5 heteroatoms. The second-order valence-corrected chi connectivity index (χ2v) is 4.68. The normalized spacial score (nSPS) is 48.6. The number of fused-ring (bicyclic) bond motifs is 2. The lowest BCUT2D eigenvalue weighted by atomic mass is 9.93. The van der Waals surface area contributed by atoms with Gasteiger partial charge in [-0.05, 0) is 0 Å². The minimum Gasteiger partial charge on any atom is -0.382 e. The maximum Gasteiger partial charge on any atom is 0.127 e. The van der Waals surface area contributed by atoms with E-state index in [4.69, 9.17) is 22.1 Å². The molecule has 13 heavy (non-hydrogen) atoms. The Morgan fingerprint density at radius 1 is 1.62 bits per heavy atom. The van der Waals surface area contributed by atoms with Crippen molar-refractivity contribution in [1.29, 1.82) is 0 Å². The first kappa shape index (κ1) is 9.83. The zero-order valence-electron chi connectivity index (χ0n) is 7.86. The van der Waals surface area contributed by atoms with Crippen molar-refractivity contribution in [1.82, 2.24) is 0 Å². The van der Waals surface area contributed by atoms with Crippen molar-refractivity contribution in [2.24, 2.45) is 0 Å². The lowest BCUT2D eigenvalue weighted by Gasteiger charge is -2.30. The van der Waals surface area contributed by atoms with Gasteiger partial charge in [0.25, 0.3) is 0 Å². The molecule has 0 amide bonds. The quantitative estimate of drug-likeness (QED) is 0.600. The van der Waals surface area contributed by atoms with Gasteiger partial charge < -0.3 is 14.2 Å². The molecule has 72 valence electrons. The summed E-state index contributed by atoms with van der Waals surface area (Å²) in [5.41, 5.74) is -0.307. The maximum absolute atomic E-state index is 5.82. The molecular formula is C8H13BO3S. The average molecular weight is 200 g/mol. The first-order chi connectivity index (χ1) is 6.23. The van der Waals surface area contributed by atoms with E-state index in [-0.39, 0.29) is 23.0 Å². The first-order valence-electron chi connectivity index (χ1n) is 4.30. The van der Waals surface area contributed by atoms with Crippen LogP contribution in [-0.2, 0) is 14.2 Å². The van der Waals surface area contributed by atoms with E-state index in [2.05, 4.69) is 0 Å². The molecule has 0 aromatic carbocycles. The standard InChI is InChI=1S/C8H13BO3S/c1-10-3-8-4-13-5(6(8)11-2)7(9)12-8/h5-7H,3-4H2,1-2H3/t5-,6?,7+,8-/m0/s1. The van der Waals surface area contributed by atoms with Crippen molar-refractivity contribution in [3.63, 3.8) is 0 Å². The van der Waals surface area contributed by atoms with Crippen LogP contribution >= 0.6 is 11.8 Å². The number of hydrogen-bond acceptors (Lipinski definition) is 4. The summed E-state index contributed by atoms with van der Waals surface area (Å²) in [5.74, 6) is 0.914. The Morgan fingerprint density at radius 3 is 2.92 bits per heavy atom. The van der Waals surface area contributed by atoms with Crippen LogP contribution in [0.2, 0.25) is 0 Å². The summed E-state index contributed by atoms with van der Waals surface area (Å²) in [7, 11) is 9.20. The highest BCUT2D eigenvalue weighted by molar-refractivity contribution is 8.00. The lowest BCUT2D eigenvalue weighted by Crippen LogP contribution is -2.45. The van der Waals surface area contributed by atoms with E-state index in [9.17, 15) is 0 Å². The van der Waals surface area contributed by atoms with Crippen LogP contribution in [0.3, 0.4) is 0 Å². The fourth-order valence-electron chi connectivity index (χ4n) is 2.16. The number of methoxy groups -OCH3 is 2.